The van der Waals surface area contributed by atoms with E-state index in [1.165, 1.54) is 0 Å². The minimum absolute atomic E-state index is 0.0444. The molecule has 2 saturated heterocycles. The minimum atomic E-state index is -3.40. The van der Waals surface area contributed by atoms with Crippen molar-refractivity contribution < 1.29 is 18.3 Å². The molecule has 0 aromatic rings. The number of aliphatic hydroxyl groups is 1. The van der Waals surface area contributed by atoms with Crippen LogP contribution in [-0.2, 0) is 14.9 Å². The molecule has 2 fully saturated rings. The summed E-state index contributed by atoms with van der Waals surface area (Å²) >= 11 is 0. The molecule has 0 spiro atoms. The lowest BCUT2D eigenvalue weighted by Crippen LogP contribution is -2.52. The van der Waals surface area contributed by atoms with E-state index in [1.807, 2.05) is 0 Å². The van der Waals surface area contributed by atoms with Crippen molar-refractivity contribution in [2.45, 2.75) is 51.4 Å². The quantitative estimate of drug-likeness (QED) is 0.710. The zero-order valence-electron chi connectivity index (χ0n) is 14.4. The van der Waals surface area contributed by atoms with E-state index < -0.39 is 10.2 Å². The lowest BCUT2D eigenvalue weighted by Gasteiger charge is -2.42. The van der Waals surface area contributed by atoms with Crippen LogP contribution in [0, 0.1) is 5.41 Å². The number of hydrogen-bond donors (Lipinski definition) is 1. The maximum atomic E-state index is 13.0. The van der Waals surface area contributed by atoms with Crippen LogP contribution in [0.3, 0.4) is 0 Å². The van der Waals surface area contributed by atoms with Gasteiger partial charge in [0.25, 0.3) is 10.2 Å². The molecule has 1 atom stereocenters. The summed E-state index contributed by atoms with van der Waals surface area (Å²) in [5.41, 5.74) is -0.310. The van der Waals surface area contributed by atoms with Crippen molar-refractivity contribution >= 4 is 10.2 Å². The van der Waals surface area contributed by atoms with Crippen LogP contribution in [0.2, 0.25) is 0 Å². The first kappa shape index (κ1) is 19.1. The molecule has 0 aromatic heterocycles. The van der Waals surface area contributed by atoms with Crippen LogP contribution in [-0.4, -0.2) is 68.6 Å². The van der Waals surface area contributed by atoms with Crippen molar-refractivity contribution in [2.24, 2.45) is 5.41 Å². The molecule has 2 aliphatic rings. The summed E-state index contributed by atoms with van der Waals surface area (Å²) in [6, 6.07) is 0. The largest absolute Gasteiger partial charge is 0.396 e. The van der Waals surface area contributed by atoms with Gasteiger partial charge in [0.05, 0.1) is 0 Å². The second kappa shape index (κ2) is 8.76. The number of rotatable bonds is 7. The molecule has 0 aromatic carbocycles. The normalized spacial score (nSPS) is 28.6. The first-order valence-electron chi connectivity index (χ1n) is 8.89. The standard InChI is InChI=1S/C16H32N2O4S/c1-22-13-7-9-16(15-19)8-6-12-18(14-16)23(20,21)17-10-4-2-3-5-11-17/h19H,2-15H2,1H3/t16-/m1/s1. The van der Waals surface area contributed by atoms with Crippen molar-refractivity contribution in [3.63, 3.8) is 0 Å². The summed E-state index contributed by atoms with van der Waals surface area (Å²) in [4.78, 5) is 0. The third-order valence-corrected chi connectivity index (χ3v) is 7.22. The monoisotopic (exact) mass is 348 g/mol. The Hall–Kier alpha value is -0.210. The van der Waals surface area contributed by atoms with Gasteiger partial charge in [-0.05, 0) is 38.5 Å². The Morgan fingerprint density at radius 1 is 1.04 bits per heavy atom. The summed E-state index contributed by atoms with van der Waals surface area (Å²) in [6.07, 6.45) is 7.50. The van der Waals surface area contributed by atoms with Crippen molar-refractivity contribution in [3.8, 4) is 0 Å². The van der Waals surface area contributed by atoms with Crippen molar-refractivity contribution in [2.75, 3.05) is 46.5 Å². The molecule has 1 N–H and O–H groups in total. The predicted molar refractivity (Wildman–Crippen MR) is 90.4 cm³/mol. The van der Waals surface area contributed by atoms with Gasteiger partial charge in [-0.25, -0.2) is 0 Å². The molecule has 2 rings (SSSR count). The third-order valence-electron chi connectivity index (χ3n) is 5.23. The first-order chi connectivity index (χ1) is 11.0. The lowest BCUT2D eigenvalue weighted by molar-refractivity contribution is 0.0452. The highest BCUT2D eigenvalue weighted by atomic mass is 32.2. The van der Waals surface area contributed by atoms with Gasteiger partial charge in [0.1, 0.15) is 0 Å². The molecular weight excluding hydrogens is 316 g/mol. The van der Waals surface area contributed by atoms with Crippen molar-refractivity contribution in [3.05, 3.63) is 0 Å². The molecule has 2 aliphatic heterocycles. The molecular formula is C16H32N2O4S. The van der Waals surface area contributed by atoms with Crippen LogP contribution in [0.15, 0.2) is 0 Å². The van der Waals surface area contributed by atoms with Crippen LogP contribution in [0.5, 0.6) is 0 Å². The molecule has 0 radical (unpaired) electrons. The van der Waals surface area contributed by atoms with Gasteiger partial charge in [-0.3, -0.25) is 0 Å². The highest BCUT2D eigenvalue weighted by molar-refractivity contribution is 7.86. The highest BCUT2D eigenvalue weighted by Gasteiger charge is 2.40. The average molecular weight is 349 g/mol. The zero-order chi connectivity index (χ0) is 16.8. The van der Waals surface area contributed by atoms with Gasteiger partial charge in [-0.2, -0.15) is 17.0 Å². The maximum absolute atomic E-state index is 13.0. The van der Waals surface area contributed by atoms with E-state index >= 15 is 0 Å². The second-order valence-electron chi connectivity index (χ2n) is 7.01. The van der Waals surface area contributed by atoms with E-state index in [2.05, 4.69) is 0 Å². The first-order valence-corrected chi connectivity index (χ1v) is 10.3. The number of nitrogens with zero attached hydrogens (tertiary/aromatic N) is 2. The van der Waals surface area contributed by atoms with Gasteiger partial charge in [0.2, 0.25) is 0 Å². The topological polar surface area (TPSA) is 70.1 Å². The summed E-state index contributed by atoms with van der Waals surface area (Å²) in [7, 11) is -1.73. The van der Waals surface area contributed by atoms with Crippen LogP contribution >= 0.6 is 0 Å². The van der Waals surface area contributed by atoms with E-state index in [1.54, 1.807) is 15.7 Å². The molecule has 0 amide bonds. The maximum Gasteiger partial charge on any atom is 0.281 e. The van der Waals surface area contributed by atoms with Gasteiger partial charge >= 0.3 is 0 Å². The number of methoxy groups -OCH3 is 1. The fourth-order valence-electron chi connectivity index (χ4n) is 3.80. The number of aliphatic hydroxyl groups excluding tert-OH is 1. The number of ether oxygens (including phenoxy) is 1. The Morgan fingerprint density at radius 3 is 2.30 bits per heavy atom. The second-order valence-corrected chi connectivity index (χ2v) is 8.94. The van der Waals surface area contributed by atoms with Crippen LogP contribution < -0.4 is 0 Å². The van der Waals surface area contributed by atoms with Crippen LogP contribution in [0.25, 0.3) is 0 Å². The molecule has 23 heavy (non-hydrogen) atoms. The van der Waals surface area contributed by atoms with Crippen LogP contribution in [0.1, 0.15) is 51.4 Å². The minimum Gasteiger partial charge on any atom is -0.396 e. The third kappa shape index (κ3) is 4.89. The lowest BCUT2D eigenvalue weighted by atomic mass is 9.78. The summed E-state index contributed by atoms with van der Waals surface area (Å²) in [5, 5.41) is 9.90. The Labute approximate surface area is 141 Å². The highest BCUT2D eigenvalue weighted by Crippen LogP contribution is 2.36. The smallest absolute Gasteiger partial charge is 0.281 e. The zero-order valence-corrected chi connectivity index (χ0v) is 15.2. The number of hydrogen-bond acceptors (Lipinski definition) is 4. The van der Waals surface area contributed by atoms with Crippen molar-refractivity contribution in [1.82, 2.24) is 8.61 Å². The van der Waals surface area contributed by atoms with Gasteiger partial charge in [-0.1, -0.05) is 12.8 Å². The Balaban J connectivity index is 2.05. The molecule has 6 nitrogen and oxygen atoms in total. The molecule has 0 saturated carbocycles. The predicted octanol–water partition coefficient (Wildman–Crippen LogP) is 1.61. The van der Waals surface area contributed by atoms with Gasteiger partial charge in [0, 0.05) is 51.9 Å². The molecule has 0 bridgehead atoms. The fraction of sp³-hybridized carbons (Fsp3) is 1.00. The SMILES string of the molecule is COCCC[C@]1(CO)CCCN(S(=O)(=O)N2CCCCCC2)C1. The van der Waals surface area contributed by atoms with Crippen LogP contribution in [0.4, 0.5) is 0 Å². The molecule has 0 aliphatic carbocycles. The summed E-state index contributed by atoms with van der Waals surface area (Å²) < 4.78 is 34.3. The van der Waals surface area contributed by atoms with E-state index in [0.717, 1.165) is 51.4 Å². The summed E-state index contributed by atoms with van der Waals surface area (Å²) in [5.74, 6) is 0. The van der Waals surface area contributed by atoms with E-state index in [0.29, 0.717) is 32.8 Å². The molecule has 2 heterocycles. The molecule has 7 heteroatoms. The fourth-order valence-corrected chi connectivity index (χ4v) is 5.64. The Bertz CT molecular complexity index is 449. The Morgan fingerprint density at radius 2 is 1.70 bits per heavy atom. The number of piperidine rings is 1. The van der Waals surface area contributed by atoms with Crippen molar-refractivity contribution in [1.29, 1.82) is 0 Å². The van der Waals surface area contributed by atoms with Gasteiger partial charge in [-0.15, -0.1) is 0 Å². The van der Waals surface area contributed by atoms with E-state index in [-0.39, 0.29) is 12.0 Å². The average Bonchev–Trinajstić information content (AvgIpc) is 2.85. The Kier molecular flexibility index (Phi) is 7.28. The van der Waals surface area contributed by atoms with E-state index in [4.69, 9.17) is 4.74 Å². The van der Waals surface area contributed by atoms with Gasteiger partial charge in [0.15, 0.2) is 0 Å². The molecule has 0 unspecified atom stereocenters. The molecule has 136 valence electrons. The summed E-state index contributed by atoms with van der Waals surface area (Å²) in [6.45, 7) is 2.98. The van der Waals surface area contributed by atoms with E-state index in [9.17, 15) is 13.5 Å². The van der Waals surface area contributed by atoms with Gasteiger partial charge < -0.3 is 9.84 Å².